The minimum atomic E-state index is -0.255. The summed E-state index contributed by atoms with van der Waals surface area (Å²) in [6.07, 6.45) is 5.16. The van der Waals surface area contributed by atoms with Gasteiger partial charge in [0.25, 0.3) is 0 Å². The molecule has 3 nitrogen and oxygen atoms in total. The van der Waals surface area contributed by atoms with E-state index in [9.17, 15) is 4.39 Å². The van der Waals surface area contributed by atoms with Crippen molar-refractivity contribution in [1.29, 1.82) is 0 Å². The van der Waals surface area contributed by atoms with Crippen LogP contribution in [0.5, 0.6) is 0 Å². The monoisotopic (exact) mass is 203 g/mol. The molecule has 1 aromatic carbocycles. The van der Waals surface area contributed by atoms with Crippen molar-refractivity contribution in [3.8, 4) is 0 Å². The van der Waals surface area contributed by atoms with E-state index >= 15 is 0 Å². The molecule has 0 amide bonds. The minimum Gasteiger partial charge on any atom is -0.294 e. The van der Waals surface area contributed by atoms with E-state index in [0.717, 1.165) is 11.5 Å². The van der Waals surface area contributed by atoms with Gasteiger partial charge in [0, 0.05) is 12.4 Å². The molecule has 0 unspecified atom stereocenters. The summed E-state index contributed by atoms with van der Waals surface area (Å²) in [5.74, 6) is 0.536. The Morgan fingerprint density at radius 1 is 1.33 bits per heavy atom. The summed E-state index contributed by atoms with van der Waals surface area (Å²) in [6, 6.07) is 6.05. The summed E-state index contributed by atoms with van der Waals surface area (Å²) in [7, 11) is 0. The minimum absolute atomic E-state index is 0.255. The first kappa shape index (κ1) is 9.58. The predicted molar refractivity (Wildman–Crippen MR) is 56.8 cm³/mol. The van der Waals surface area contributed by atoms with Crippen LogP contribution in [0.15, 0.2) is 48.0 Å². The lowest BCUT2D eigenvalue weighted by molar-refractivity contribution is 0.628. The normalized spacial score (nSPS) is 11.7. The molecule has 0 atom stereocenters. The lowest BCUT2D eigenvalue weighted by atomic mass is 10.3. The summed E-state index contributed by atoms with van der Waals surface area (Å²) in [6.45, 7) is 1.87. The molecule has 2 rings (SSSR count). The summed E-state index contributed by atoms with van der Waals surface area (Å²) in [5.41, 5.74) is 0.725. The van der Waals surface area contributed by atoms with Crippen LogP contribution in [0.1, 0.15) is 6.92 Å². The second-order valence-corrected chi connectivity index (χ2v) is 3.11. The maximum Gasteiger partial charge on any atom is 0.123 e. The standard InChI is InChI=1S/C11H10FN3/c1-9(15-7-6-13-8-15)14-11-4-2-10(12)3-5-11/h2-8H,1H3/b14-9+. The fourth-order valence-corrected chi connectivity index (χ4v) is 1.21. The Kier molecular flexibility index (Phi) is 2.58. The van der Waals surface area contributed by atoms with E-state index in [1.807, 2.05) is 13.1 Å². The molecular formula is C11H10FN3. The highest BCUT2D eigenvalue weighted by molar-refractivity contribution is 5.84. The molecule has 0 radical (unpaired) electrons. The van der Waals surface area contributed by atoms with Gasteiger partial charge in [0.05, 0.1) is 5.69 Å². The third kappa shape index (κ3) is 2.28. The van der Waals surface area contributed by atoms with Gasteiger partial charge in [-0.1, -0.05) is 0 Å². The summed E-state index contributed by atoms with van der Waals surface area (Å²) < 4.78 is 14.4. The van der Waals surface area contributed by atoms with Crippen molar-refractivity contribution >= 4 is 11.5 Å². The van der Waals surface area contributed by atoms with Crippen LogP contribution in [0.25, 0.3) is 0 Å². The first-order chi connectivity index (χ1) is 7.25. The van der Waals surface area contributed by atoms with E-state index in [-0.39, 0.29) is 5.82 Å². The molecule has 4 heteroatoms. The second kappa shape index (κ2) is 4.04. The van der Waals surface area contributed by atoms with Gasteiger partial charge in [-0.25, -0.2) is 14.4 Å². The molecule has 0 fully saturated rings. The Morgan fingerprint density at radius 3 is 2.67 bits per heavy atom. The molecule has 0 N–H and O–H groups in total. The van der Waals surface area contributed by atoms with Crippen LogP contribution in [-0.4, -0.2) is 15.4 Å². The number of aromatic nitrogens is 2. The van der Waals surface area contributed by atoms with Crippen LogP contribution in [0.2, 0.25) is 0 Å². The molecule has 0 saturated heterocycles. The maximum absolute atomic E-state index is 12.6. The smallest absolute Gasteiger partial charge is 0.123 e. The average molecular weight is 203 g/mol. The molecule has 1 heterocycles. The Hall–Kier alpha value is -1.97. The van der Waals surface area contributed by atoms with Crippen molar-refractivity contribution < 1.29 is 4.39 Å². The lowest BCUT2D eigenvalue weighted by Gasteiger charge is -2.00. The summed E-state index contributed by atoms with van der Waals surface area (Å²) in [5, 5.41) is 0. The number of hydrogen-bond acceptors (Lipinski definition) is 2. The fourth-order valence-electron chi connectivity index (χ4n) is 1.21. The Labute approximate surface area is 86.9 Å². The number of aliphatic imine (C=N–C) groups is 1. The van der Waals surface area contributed by atoms with Crippen LogP contribution >= 0.6 is 0 Å². The SMILES string of the molecule is C/C(=N\c1ccc(F)cc1)n1ccnc1. The van der Waals surface area contributed by atoms with E-state index in [1.165, 1.54) is 12.1 Å². The van der Waals surface area contributed by atoms with Crippen molar-refractivity contribution in [2.24, 2.45) is 4.99 Å². The largest absolute Gasteiger partial charge is 0.294 e. The topological polar surface area (TPSA) is 30.2 Å². The van der Waals surface area contributed by atoms with Crippen LogP contribution < -0.4 is 0 Å². The van der Waals surface area contributed by atoms with Gasteiger partial charge >= 0.3 is 0 Å². The summed E-state index contributed by atoms with van der Waals surface area (Å²) >= 11 is 0. The van der Waals surface area contributed by atoms with Crippen molar-refractivity contribution in [2.75, 3.05) is 0 Å². The first-order valence-corrected chi connectivity index (χ1v) is 4.55. The number of halogens is 1. The molecule has 0 aliphatic rings. The Bertz CT molecular complexity index is 457. The van der Waals surface area contributed by atoms with Gasteiger partial charge in [-0.05, 0) is 31.2 Å². The molecule has 2 aromatic rings. The van der Waals surface area contributed by atoms with Gasteiger partial charge < -0.3 is 0 Å². The Balaban J connectivity index is 2.27. The third-order valence-corrected chi connectivity index (χ3v) is 2.00. The van der Waals surface area contributed by atoms with Crippen molar-refractivity contribution in [3.05, 3.63) is 48.8 Å². The van der Waals surface area contributed by atoms with Gasteiger partial charge in [-0.15, -0.1) is 0 Å². The molecular weight excluding hydrogens is 193 g/mol. The highest BCUT2D eigenvalue weighted by atomic mass is 19.1. The van der Waals surface area contributed by atoms with E-state index < -0.39 is 0 Å². The van der Waals surface area contributed by atoms with Gasteiger partial charge in [0.15, 0.2) is 0 Å². The van der Waals surface area contributed by atoms with Gasteiger partial charge in [-0.2, -0.15) is 0 Å². The zero-order chi connectivity index (χ0) is 10.7. The van der Waals surface area contributed by atoms with Crippen molar-refractivity contribution in [1.82, 2.24) is 9.55 Å². The lowest BCUT2D eigenvalue weighted by Crippen LogP contribution is -2.03. The fraction of sp³-hybridized carbons (Fsp3) is 0.0909. The quantitative estimate of drug-likeness (QED) is 0.517. The number of rotatable bonds is 1. The van der Waals surface area contributed by atoms with Crippen molar-refractivity contribution in [2.45, 2.75) is 6.92 Å². The molecule has 0 spiro atoms. The third-order valence-electron chi connectivity index (χ3n) is 2.00. The van der Waals surface area contributed by atoms with Crippen LogP contribution in [0.4, 0.5) is 10.1 Å². The molecule has 1 aromatic heterocycles. The maximum atomic E-state index is 12.6. The van der Waals surface area contributed by atoms with Gasteiger partial charge in [-0.3, -0.25) is 4.57 Å². The van der Waals surface area contributed by atoms with Crippen LogP contribution in [-0.2, 0) is 0 Å². The van der Waals surface area contributed by atoms with Gasteiger partial charge in [0.2, 0.25) is 0 Å². The van der Waals surface area contributed by atoms with Crippen LogP contribution in [0.3, 0.4) is 0 Å². The molecule has 0 saturated carbocycles. The van der Waals surface area contributed by atoms with Crippen LogP contribution in [0, 0.1) is 5.82 Å². The van der Waals surface area contributed by atoms with E-state index in [2.05, 4.69) is 9.98 Å². The molecule has 15 heavy (non-hydrogen) atoms. The highest BCUT2D eigenvalue weighted by Gasteiger charge is 1.95. The van der Waals surface area contributed by atoms with E-state index in [1.54, 1.807) is 29.2 Å². The average Bonchev–Trinajstić information content (AvgIpc) is 2.74. The predicted octanol–water partition coefficient (Wildman–Crippen LogP) is 2.62. The van der Waals surface area contributed by atoms with E-state index in [4.69, 9.17) is 0 Å². The van der Waals surface area contributed by atoms with Gasteiger partial charge in [0.1, 0.15) is 18.0 Å². The molecule has 76 valence electrons. The summed E-state index contributed by atoms with van der Waals surface area (Å²) in [4.78, 5) is 8.24. The molecule has 0 aliphatic carbocycles. The number of nitrogens with zero attached hydrogens (tertiary/aromatic N) is 3. The second-order valence-electron chi connectivity index (χ2n) is 3.11. The van der Waals surface area contributed by atoms with Crippen molar-refractivity contribution in [3.63, 3.8) is 0 Å². The number of imidazole rings is 1. The molecule has 0 aliphatic heterocycles. The molecule has 0 bridgehead atoms. The number of benzene rings is 1. The van der Waals surface area contributed by atoms with E-state index in [0.29, 0.717) is 0 Å². The highest BCUT2D eigenvalue weighted by Crippen LogP contribution is 2.12. The zero-order valence-electron chi connectivity index (χ0n) is 8.26. The zero-order valence-corrected chi connectivity index (χ0v) is 8.26. The Morgan fingerprint density at radius 2 is 2.07 bits per heavy atom. The first-order valence-electron chi connectivity index (χ1n) is 4.55. The number of hydrogen-bond donors (Lipinski definition) is 0.